The highest BCUT2D eigenvalue weighted by Gasteiger charge is 2.42. The van der Waals surface area contributed by atoms with Gasteiger partial charge < -0.3 is 14.2 Å². The quantitative estimate of drug-likeness (QED) is 0.550. The van der Waals surface area contributed by atoms with Crippen LogP contribution in [-0.4, -0.2) is 58.4 Å². The topological polar surface area (TPSA) is 114 Å². The molecule has 1 fully saturated rings. The molecule has 0 bridgehead atoms. The van der Waals surface area contributed by atoms with Crippen LogP contribution >= 0.6 is 0 Å². The van der Waals surface area contributed by atoms with Crippen molar-refractivity contribution in [2.45, 2.75) is 58.8 Å². The molecule has 2 rings (SSSR count). The van der Waals surface area contributed by atoms with Crippen molar-refractivity contribution in [2.75, 3.05) is 13.2 Å². The molecule has 11 heteroatoms. The number of nitrogens with zero attached hydrogens (tertiary/aromatic N) is 2. The number of amides is 4. The van der Waals surface area contributed by atoms with Crippen molar-refractivity contribution in [2.24, 2.45) is 0 Å². The summed E-state index contributed by atoms with van der Waals surface area (Å²) >= 11 is 0. The van der Waals surface area contributed by atoms with Gasteiger partial charge >= 0.3 is 18.3 Å². The molecule has 1 heterocycles. The molecule has 1 aliphatic heterocycles. The van der Waals surface area contributed by atoms with Gasteiger partial charge in [-0.2, -0.15) is 5.01 Å². The number of ether oxygens (including phenoxy) is 3. The highest BCUT2D eigenvalue weighted by atomic mass is 19.1. The average molecular weight is 453 g/mol. The number of nitrogens with one attached hydrogen (secondary N) is 1. The maximum absolute atomic E-state index is 13.5. The number of hydrogen-bond acceptors (Lipinski definition) is 7. The predicted molar refractivity (Wildman–Crippen MR) is 110 cm³/mol. The lowest BCUT2D eigenvalue weighted by Gasteiger charge is -2.34. The molecule has 0 saturated carbocycles. The Balaban J connectivity index is 2.51. The highest BCUT2D eigenvalue weighted by Crippen LogP contribution is 2.26. The Morgan fingerprint density at radius 2 is 1.62 bits per heavy atom. The second-order valence-electron chi connectivity index (χ2n) is 9.02. The molecule has 1 aliphatic rings. The molecular weight excluding hydrogens is 425 g/mol. The SMILES string of the molecule is CC(C)(C)OC(=O)NN(C(=O)OC(C)(C)C)[C@H](C(=O)N1CCOC1=O)c1ccc(F)cc1. The van der Waals surface area contributed by atoms with Crippen LogP contribution in [0, 0.1) is 5.82 Å². The van der Waals surface area contributed by atoms with Crippen molar-refractivity contribution < 1.29 is 37.8 Å². The lowest BCUT2D eigenvalue weighted by molar-refractivity contribution is -0.134. The number of cyclic esters (lactones) is 1. The van der Waals surface area contributed by atoms with Crippen molar-refractivity contribution in [1.82, 2.24) is 15.3 Å². The van der Waals surface area contributed by atoms with Crippen LogP contribution in [0.15, 0.2) is 24.3 Å². The Bertz CT molecular complexity index is 875. The van der Waals surface area contributed by atoms with Gasteiger partial charge in [-0.3, -0.25) is 4.79 Å². The number of hydrazine groups is 1. The molecule has 0 spiro atoms. The summed E-state index contributed by atoms with van der Waals surface area (Å²) in [7, 11) is 0. The molecule has 1 aromatic carbocycles. The summed E-state index contributed by atoms with van der Waals surface area (Å²) in [6.45, 7) is 9.58. The first kappa shape index (κ1) is 24.9. The minimum absolute atomic E-state index is 0.0212. The predicted octanol–water partition coefficient (Wildman–Crippen LogP) is 3.52. The summed E-state index contributed by atoms with van der Waals surface area (Å²) < 4.78 is 28.9. The van der Waals surface area contributed by atoms with Crippen LogP contribution in [0.1, 0.15) is 53.1 Å². The molecule has 32 heavy (non-hydrogen) atoms. The molecule has 1 saturated heterocycles. The van der Waals surface area contributed by atoms with Gasteiger partial charge in [0.05, 0.1) is 6.54 Å². The van der Waals surface area contributed by atoms with Crippen molar-refractivity contribution in [3.05, 3.63) is 35.6 Å². The molecule has 1 aromatic rings. The third-order valence-electron chi connectivity index (χ3n) is 3.91. The van der Waals surface area contributed by atoms with Gasteiger partial charge in [-0.25, -0.2) is 29.1 Å². The maximum Gasteiger partial charge on any atom is 0.430 e. The van der Waals surface area contributed by atoms with Gasteiger partial charge in [-0.05, 0) is 59.2 Å². The Labute approximate surface area is 185 Å². The Kier molecular flexibility index (Phi) is 7.32. The van der Waals surface area contributed by atoms with E-state index in [9.17, 15) is 23.6 Å². The molecule has 1 N–H and O–H groups in total. The summed E-state index contributed by atoms with van der Waals surface area (Å²) in [5.41, 5.74) is 0.473. The largest absolute Gasteiger partial charge is 0.447 e. The lowest BCUT2D eigenvalue weighted by Crippen LogP contribution is -2.55. The van der Waals surface area contributed by atoms with E-state index in [-0.39, 0.29) is 18.7 Å². The zero-order chi connectivity index (χ0) is 24.3. The van der Waals surface area contributed by atoms with E-state index in [1.807, 2.05) is 0 Å². The zero-order valence-corrected chi connectivity index (χ0v) is 18.9. The van der Waals surface area contributed by atoms with Crippen molar-refractivity contribution in [3.8, 4) is 0 Å². The minimum atomic E-state index is -1.57. The fourth-order valence-electron chi connectivity index (χ4n) is 2.71. The number of hydrogen-bond donors (Lipinski definition) is 1. The number of rotatable bonds is 3. The molecule has 0 aliphatic carbocycles. The van der Waals surface area contributed by atoms with E-state index in [0.717, 1.165) is 17.0 Å². The van der Waals surface area contributed by atoms with Gasteiger partial charge in [0, 0.05) is 0 Å². The van der Waals surface area contributed by atoms with Crippen LogP contribution in [0.2, 0.25) is 0 Å². The molecule has 0 unspecified atom stereocenters. The lowest BCUT2D eigenvalue weighted by atomic mass is 10.0. The number of imide groups is 1. The van der Waals surface area contributed by atoms with E-state index in [1.54, 1.807) is 41.5 Å². The standard InChI is InChI=1S/C21H28FN3O7/c1-20(2,3)31-17(27)23-25(19(29)32-21(4,5)6)15(13-7-9-14(22)10-8-13)16(26)24-11-12-30-18(24)28/h7-10,15H,11-12H2,1-6H3,(H,23,27)/t15-/m0/s1. The molecule has 10 nitrogen and oxygen atoms in total. The molecule has 176 valence electrons. The van der Waals surface area contributed by atoms with E-state index in [0.29, 0.717) is 5.01 Å². The summed E-state index contributed by atoms with van der Waals surface area (Å²) in [6.07, 6.45) is -3.02. The van der Waals surface area contributed by atoms with Crippen LogP contribution < -0.4 is 5.43 Å². The van der Waals surface area contributed by atoms with Gasteiger partial charge in [0.1, 0.15) is 23.6 Å². The Hall–Kier alpha value is -3.37. The zero-order valence-electron chi connectivity index (χ0n) is 18.9. The first-order valence-electron chi connectivity index (χ1n) is 9.93. The van der Waals surface area contributed by atoms with Crippen LogP contribution in [0.3, 0.4) is 0 Å². The van der Waals surface area contributed by atoms with Crippen LogP contribution in [0.25, 0.3) is 0 Å². The number of carbonyl (C=O) groups is 4. The van der Waals surface area contributed by atoms with Crippen LogP contribution in [0.4, 0.5) is 18.8 Å². The number of carbonyl (C=O) groups excluding carboxylic acids is 4. The second-order valence-corrected chi connectivity index (χ2v) is 9.02. The summed E-state index contributed by atoms with van der Waals surface area (Å²) in [6, 6.07) is 3.11. The fraction of sp³-hybridized carbons (Fsp3) is 0.524. The van der Waals surface area contributed by atoms with Crippen molar-refractivity contribution in [3.63, 3.8) is 0 Å². The number of halogens is 1. The summed E-state index contributed by atoms with van der Waals surface area (Å²) in [5.74, 6) is -1.45. The fourth-order valence-corrected chi connectivity index (χ4v) is 2.71. The summed E-state index contributed by atoms with van der Waals surface area (Å²) in [5, 5.41) is 0.625. The third-order valence-corrected chi connectivity index (χ3v) is 3.91. The smallest absolute Gasteiger partial charge is 0.430 e. The number of benzene rings is 1. The van der Waals surface area contributed by atoms with Gasteiger partial charge in [-0.1, -0.05) is 12.1 Å². The molecule has 1 atom stereocenters. The second kappa shape index (κ2) is 9.41. The minimum Gasteiger partial charge on any atom is -0.447 e. The molecule has 0 aromatic heterocycles. The van der Waals surface area contributed by atoms with E-state index >= 15 is 0 Å². The third kappa shape index (κ3) is 6.82. The maximum atomic E-state index is 13.5. The van der Waals surface area contributed by atoms with Crippen molar-refractivity contribution in [1.29, 1.82) is 0 Å². The molecule has 0 radical (unpaired) electrons. The normalized spacial score (nSPS) is 15.0. The van der Waals surface area contributed by atoms with Gasteiger partial charge in [-0.15, -0.1) is 0 Å². The first-order chi connectivity index (χ1) is 14.7. The van der Waals surface area contributed by atoms with Gasteiger partial charge in [0.2, 0.25) is 0 Å². The monoisotopic (exact) mass is 453 g/mol. The van der Waals surface area contributed by atoms with Gasteiger partial charge in [0.25, 0.3) is 5.91 Å². The highest BCUT2D eigenvalue weighted by molar-refractivity contribution is 5.98. The average Bonchev–Trinajstić information content (AvgIpc) is 3.05. The van der Waals surface area contributed by atoms with E-state index in [1.165, 1.54) is 12.1 Å². The molecular formula is C21H28FN3O7. The first-order valence-corrected chi connectivity index (χ1v) is 9.93. The van der Waals surface area contributed by atoms with E-state index < -0.39 is 47.2 Å². The van der Waals surface area contributed by atoms with Gasteiger partial charge in [0.15, 0.2) is 6.04 Å². The molecule has 4 amide bonds. The van der Waals surface area contributed by atoms with E-state index in [2.05, 4.69) is 5.43 Å². The van der Waals surface area contributed by atoms with Crippen LogP contribution in [-0.2, 0) is 19.0 Å². The Morgan fingerprint density at radius 3 is 2.09 bits per heavy atom. The van der Waals surface area contributed by atoms with Crippen molar-refractivity contribution >= 4 is 24.2 Å². The van der Waals surface area contributed by atoms with E-state index in [4.69, 9.17) is 14.2 Å². The van der Waals surface area contributed by atoms with Crippen LogP contribution in [0.5, 0.6) is 0 Å². The summed E-state index contributed by atoms with van der Waals surface area (Å²) in [4.78, 5) is 51.6. The Morgan fingerprint density at radius 1 is 1.06 bits per heavy atom.